The Hall–Kier alpha value is -2.83. The van der Waals surface area contributed by atoms with Crippen molar-refractivity contribution in [2.24, 2.45) is 5.41 Å². The van der Waals surface area contributed by atoms with E-state index in [0.29, 0.717) is 22.3 Å². The number of aromatic nitrogens is 1. The van der Waals surface area contributed by atoms with E-state index in [-0.39, 0.29) is 36.4 Å². The first kappa shape index (κ1) is 22.8. The van der Waals surface area contributed by atoms with Gasteiger partial charge in [0.1, 0.15) is 17.9 Å². The van der Waals surface area contributed by atoms with Crippen molar-refractivity contribution < 1.29 is 19.1 Å². The second-order valence-electron chi connectivity index (χ2n) is 8.84. The van der Waals surface area contributed by atoms with E-state index in [9.17, 15) is 9.59 Å². The topological polar surface area (TPSA) is 104 Å². The lowest BCUT2D eigenvalue weighted by Gasteiger charge is -2.29. The van der Waals surface area contributed by atoms with Gasteiger partial charge < -0.3 is 20.5 Å². The second kappa shape index (κ2) is 9.54. The maximum atomic E-state index is 12.9. The number of amides is 1. The fourth-order valence-electron chi connectivity index (χ4n) is 3.97. The molecule has 0 saturated heterocycles. The monoisotopic (exact) mass is 427 g/mol. The molecule has 2 aromatic rings. The lowest BCUT2D eigenvalue weighted by molar-refractivity contribution is -0.131. The third kappa shape index (κ3) is 5.09. The van der Waals surface area contributed by atoms with Crippen molar-refractivity contribution in [1.29, 1.82) is 0 Å². The Balaban J connectivity index is 1.83. The van der Waals surface area contributed by atoms with Crippen LogP contribution < -0.4 is 15.8 Å². The highest BCUT2D eigenvalue weighted by Gasteiger charge is 2.31. The highest BCUT2D eigenvalue weighted by molar-refractivity contribution is 6.07. The van der Waals surface area contributed by atoms with Crippen molar-refractivity contribution in [3.8, 4) is 5.75 Å². The van der Waals surface area contributed by atoms with Gasteiger partial charge in [-0.3, -0.25) is 9.78 Å². The zero-order valence-electron chi connectivity index (χ0n) is 18.9. The number of benzene rings is 1. The summed E-state index contributed by atoms with van der Waals surface area (Å²) >= 11 is 0. The van der Waals surface area contributed by atoms with Gasteiger partial charge in [-0.1, -0.05) is 25.3 Å². The number of carbonyl (C=O) groups is 2. The highest BCUT2D eigenvalue weighted by atomic mass is 16.5. The van der Waals surface area contributed by atoms with E-state index in [4.69, 9.17) is 15.2 Å². The highest BCUT2D eigenvalue weighted by Crippen LogP contribution is 2.34. The molecular weight excluding hydrogens is 394 g/mol. The average molecular weight is 428 g/mol. The Bertz CT molecular complexity index is 965. The summed E-state index contributed by atoms with van der Waals surface area (Å²) in [5.74, 6) is -0.0331. The van der Waals surface area contributed by atoms with Crippen LogP contribution in [-0.4, -0.2) is 36.1 Å². The summed E-state index contributed by atoms with van der Waals surface area (Å²) in [5.41, 5.74) is 7.31. The summed E-state index contributed by atoms with van der Waals surface area (Å²) in [5, 5.41) is 3.73. The number of nitrogens with one attached hydrogen (secondary N) is 1. The van der Waals surface area contributed by atoms with Crippen molar-refractivity contribution in [2.45, 2.75) is 65.8 Å². The first-order chi connectivity index (χ1) is 14.7. The van der Waals surface area contributed by atoms with Crippen LogP contribution in [0.4, 0.5) is 5.69 Å². The van der Waals surface area contributed by atoms with E-state index in [1.54, 1.807) is 19.9 Å². The molecule has 31 heavy (non-hydrogen) atoms. The van der Waals surface area contributed by atoms with Crippen molar-refractivity contribution >= 4 is 28.5 Å². The zero-order valence-corrected chi connectivity index (χ0v) is 18.9. The fraction of sp³-hybridized carbons (Fsp3) is 0.542. The van der Waals surface area contributed by atoms with Gasteiger partial charge >= 0.3 is 5.97 Å². The summed E-state index contributed by atoms with van der Waals surface area (Å²) in [6.07, 6.45) is 5.62. The number of nitrogens with two attached hydrogens (primary N) is 1. The molecule has 7 heteroatoms. The Kier molecular flexibility index (Phi) is 7.03. The quantitative estimate of drug-likeness (QED) is 0.643. The van der Waals surface area contributed by atoms with Crippen molar-refractivity contribution in [2.75, 3.05) is 18.9 Å². The van der Waals surface area contributed by atoms with Crippen LogP contribution in [0.3, 0.4) is 0 Å². The number of anilines is 1. The van der Waals surface area contributed by atoms with Gasteiger partial charge in [0.2, 0.25) is 5.91 Å². The van der Waals surface area contributed by atoms with Gasteiger partial charge in [-0.05, 0) is 52.7 Å². The summed E-state index contributed by atoms with van der Waals surface area (Å²) < 4.78 is 11.2. The van der Waals surface area contributed by atoms with Gasteiger partial charge in [-0.25, -0.2) is 4.79 Å². The molecule has 0 radical (unpaired) electrons. The van der Waals surface area contributed by atoms with Crippen molar-refractivity contribution in [1.82, 2.24) is 10.3 Å². The van der Waals surface area contributed by atoms with Gasteiger partial charge in [0.25, 0.3) is 0 Å². The first-order valence-corrected chi connectivity index (χ1v) is 11.0. The molecule has 0 spiro atoms. The number of hydrogen-bond acceptors (Lipinski definition) is 6. The minimum Gasteiger partial charge on any atom is -0.492 e. The van der Waals surface area contributed by atoms with Crippen LogP contribution in [0, 0.1) is 12.3 Å². The Labute approximate surface area is 183 Å². The van der Waals surface area contributed by atoms with Crippen LogP contribution in [0.25, 0.3) is 10.9 Å². The van der Waals surface area contributed by atoms with Crippen LogP contribution in [0.2, 0.25) is 0 Å². The predicted molar refractivity (Wildman–Crippen MR) is 121 cm³/mol. The lowest BCUT2D eigenvalue weighted by atomic mass is 9.90. The molecule has 1 aromatic heterocycles. The molecule has 1 aromatic carbocycles. The van der Waals surface area contributed by atoms with Crippen molar-refractivity contribution in [3.63, 3.8) is 0 Å². The number of hydrogen-bond donors (Lipinski definition) is 2. The molecule has 0 unspecified atom stereocenters. The summed E-state index contributed by atoms with van der Waals surface area (Å²) in [7, 11) is 0. The van der Waals surface area contributed by atoms with E-state index in [2.05, 4.69) is 10.3 Å². The van der Waals surface area contributed by atoms with Gasteiger partial charge in [-0.2, -0.15) is 0 Å². The summed E-state index contributed by atoms with van der Waals surface area (Å²) in [4.78, 5) is 29.8. The molecule has 7 nitrogen and oxygen atoms in total. The van der Waals surface area contributed by atoms with Crippen LogP contribution in [0.1, 0.15) is 68.9 Å². The van der Waals surface area contributed by atoms with Gasteiger partial charge in [0, 0.05) is 6.04 Å². The molecule has 1 aliphatic rings. The first-order valence-electron chi connectivity index (χ1n) is 11.0. The number of pyridine rings is 1. The number of carbonyl (C=O) groups excluding carboxylic acids is 2. The number of esters is 1. The average Bonchev–Trinajstić information content (AvgIpc) is 2.73. The van der Waals surface area contributed by atoms with Crippen LogP contribution in [0.5, 0.6) is 5.75 Å². The molecule has 3 rings (SSSR count). The fourth-order valence-corrected chi connectivity index (χ4v) is 3.97. The zero-order chi connectivity index (χ0) is 22.6. The Morgan fingerprint density at radius 3 is 2.61 bits per heavy atom. The summed E-state index contributed by atoms with van der Waals surface area (Å²) in [6, 6.07) is 5.66. The van der Waals surface area contributed by atoms with Gasteiger partial charge in [0.15, 0.2) is 0 Å². The molecule has 0 aliphatic heterocycles. The standard InChI is InChI=1S/C24H33N3O4/c1-5-30-22(28)19-15(2)26-17-12-9-13-18(20(17)21(19)25)31-14-24(3,4)23(29)27-16-10-7-6-8-11-16/h9,12-13,16H,5-8,10-11,14H2,1-4H3,(H2,25,26)(H,27,29). The molecule has 0 bridgehead atoms. The van der Waals surface area contributed by atoms with Crippen LogP contribution in [0.15, 0.2) is 18.2 Å². The van der Waals surface area contributed by atoms with Crippen LogP contribution >= 0.6 is 0 Å². The van der Waals surface area contributed by atoms with Crippen LogP contribution in [-0.2, 0) is 9.53 Å². The minimum absolute atomic E-state index is 0.0196. The summed E-state index contributed by atoms with van der Waals surface area (Å²) in [6.45, 7) is 7.63. The normalized spacial score (nSPS) is 15.0. The number of nitrogen functional groups attached to an aromatic ring is 1. The smallest absolute Gasteiger partial charge is 0.342 e. The van der Waals surface area contributed by atoms with E-state index in [1.165, 1.54) is 6.42 Å². The third-order valence-electron chi connectivity index (χ3n) is 5.82. The minimum atomic E-state index is -0.726. The maximum Gasteiger partial charge on any atom is 0.342 e. The molecule has 0 atom stereocenters. The number of ether oxygens (including phenoxy) is 2. The Morgan fingerprint density at radius 2 is 1.94 bits per heavy atom. The van der Waals surface area contributed by atoms with E-state index in [1.807, 2.05) is 26.0 Å². The maximum absolute atomic E-state index is 12.9. The number of aryl methyl sites for hydroxylation is 1. The largest absolute Gasteiger partial charge is 0.492 e. The molecule has 3 N–H and O–H groups in total. The SMILES string of the molecule is CCOC(=O)c1c(C)nc2cccc(OCC(C)(C)C(=O)NC3CCCCC3)c2c1N. The molecule has 1 saturated carbocycles. The molecule has 1 aliphatic carbocycles. The molecule has 1 amide bonds. The van der Waals surface area contributed by atoms with Gasteiger partial charge in [0.05, 0.1) is 34.3 Å². The van der Waals surface area contributed by atoms with E-state index in [0.717, 1.165) is 25.7 Å². The van der Waals surface area contributed by atoms with Crippen molar-refractivity contribution in [3.05, 3.63) is 29.5 Å². The number of rotatable bonds is 7. The van der Waals surface area contributed by atoms with Gasteiger partial charge in [-0.15, -0.1) is 0 Å². The predicted octanol–water partition coefficient (Wildman–Crippen LogP) is 4.16. The molecule has 1 heterocycles. The third-order valence-corrected chi connectivity index (χ3v) is 5.82. The Morgan fingerprint density at radius 1 is 1.23 bits per heavy atom. The number of nitrogens with zero attached hydrogens (tertiary/aromatic N) is 1. The second-order valence-corrected chi connectivity index (χ2v) is 8.84. The molecular formula is C24H33N3O4. The molecule has 168 valence electrons. The lowest BCUT2D eigenvalue weighted by Crippen LogP contribution is -2.46. The number of fused-ring (bicyclic) bond motifs is 1. The van der Waals surface area contributed by atoms with E-state index < -0.39 is 11.4 Å². The van der Waals surface area contributed by atoms with E-state index >= 15 is 0 Å². The molecule has 1 fully saturated rings.